The van der Waals surface area contributed by atoms with Crippen molar-refractivity contribution in [2.45, 2.75) is 32.8 Å². The third kappa shape index (κ3) is 4.31. The van der Waals surface area contributed by atoms with Gasteiger partial charge in [-0.05, 0) is 44.7 Å². The van der Waals surface area contributed by atoms with Crippen molar-refractivity contribution in [3.05, 3.63) is 18.2 Å². The Hall–Kier alpha value is -1.42. The Balaban J connectivity index is 1.92. The van der Waals surface area contributed by atoms with Crippen LogP contribution in [0.4, 0.5) is 5.69 Å². The van der Waals surface area contributed by atoms with Gasteiger partial charge >= 0.3 is 0 Å². The molecule has 1 aliphatic heterocycles. The zero-order valence-electron chi connectivity index (χ0n) is 11.7. The van der Waals surface area contributed by atoms with Crippen LogP contribution >= 0.6 is 0 Å². The fraction of sp³-hybridized carbons (Fsp3) is 0.600. The molecular formula is C15H23NO3. The molecule has 19 heavy (non-hydrogen) atoms. The van der Waals surface area contributed by atoms with Crippen LogP contribution in [0, 0.1) is 5.92 Å². The lowest BCUT2D eigenvalue weighted by molar-refractivity contribution is 0.0497. The molecule has 2 rings (SSSR count). The number of ether oxygens (including phenoxy) is 3. The Morgan fingerprint density at radius 1 is 1.32 bits per heavy atom. The van der Waals surface area contributed by atoms with E-state index in [0.717, 1.165) is 38.4 Å². The van der Waals surface area contributed by atoms with Crippen LogP contribution in [0.15, 0.2) is 18.2 Å². The third-order valence-corrected chi connectivity index (χ3v) is 3.17. The summed E-state index contributed by atoms with van der Waals surface area (Å²) < 4.78 is 16.8. The standard InChI is InChI=1S/C15H23NO3/c1-11(2)19-15-9-13(3-4-14(15)16)18-10-12-5-7-17-8-6-12/h3-4,9,11-12H,5-8,10,16H2,1-2H3. The van der Waals surface area contributed by atoms with E-state index >= 15 is 0 Å². The average Bonchev–Trinajstić information content (AvgIpc) is 2.40. The summed E-state index contributed by atoms with van der Waals surface area (Å²) in [6.07, 6.45) is 2.25. The smallest absolute Gasteiger partial charge is 0.146 e. The molecule has 1 aliphatic rings. The van der Waals surface area contributed by atoms with Crippen molar-refractivity contribution in [3.8, 4) is 11.5 Å². The van der Waals surface area contributed by atoms with Gasteiger partial charge in [-0.15, -0.1) is 0 Å². The molecule has 0 radical (unpaired) electrons. The molecule has 1 aromatic carbocycles. The van der Waals surface area contributed by atoms with Gasteiger partial charge in [0.1, 0.15) is 11.5 Å². The maximum absolute atomic E-state index is 5.88. The lowest BCUT2D eigenvalue weighted by Crippen LogP contribution is -2.21. The fourth-order valence-electron chi connectivity index (χ4n) is 2.09. The molecule has 0 spiro atoms. The Morgan fingerprint density at radius 2 is 2.05 bits per heavy atom. The van der Waals surface area contributed by atoms with Crippen molar-refractivity contribution in [1.29, 1.82) is 0 Å². The summed E-state index contributed by atoms with van der Waals surface area (Å²) in [5.74, 6) is 2.09. The van der Waals surface area contributed by atoms with E-state index in [-0.39, 0.29) is 6.10 Å². The number of nitrogens with two attached hydrogens (primary N) is 1. The van der Waals surface area contributed by atoms with Crippen LogP contribution in [0.3, 0.4) is 0 Å². The maximum atomic E-state index is 5.88. The molecule has 0 bridgehead atoms. The Labute approximate surface area is 114 Å². The van der Waals surface area contributed by atoms with Crippen molar-refractivity contribution in [3.63, 3.8) is 0 Å². The summed E-state index contributed by atoms with van der Waals surface area (Å²) >= 11 is 0. The number of hydrogen-bond donors (Lipinski definition) is 1. The topological polar surface area (TPSA) is 53.7 Å². The van der Waals surface area contributed by atoms with Crippen molar-refractivity contribution in [2.75, 3.05) is 25.6 Å². The summed E-state index contributed by atoms with van der Waals surface area (Å²) in [4.78, 5) is 0. The second-order valence-electron chi connectivity index (χ2n) is 5.23. The lowest BCUT2D eigenvalue weighted by Gasteiger charge is -2.22. The number of nitrogen functional groups attached to an aromatic ring is 1. The molecule has 106 valence electrons. The average molecular weight is 265 g/mol. The first-order chi connectivity index (χ1) is 9.15. The van der Waals surface area contributed by atoms with Crippen molar-refractivity contribution in [2.24, 2.45) is 5.92 Å². The van der Waals surface area contributed by atoms with E-state index in [9.17, 15) is 0 Å². The predicted molar refractivity (Wildman–Crippen MR) is 75.7 cm³/mol. The lowest BCUT2D eigenvalue weighted by atomic mass is 10.0. The Kier molecular flexibility index (Phi) is 4.91. The third-order valence-electron chi connectivity index (χ3n) is 3.17. The molecular weight excluding hydrogens is 242 g/mol. The van der Waals surface area contributed by atoms with E-state index < -0.39 is 0 Å². The molecule has 4 heteroatoms. The molecule has 0 saturated carbocycles. The molecule has 1 saturated heterocycles. The Bertz CT molecular complexity index is 400. The number of benzene rings is 1. The molecule has 1 fully saturated rings. The van der Waals surface area contributed by atoms with Gasteiger partial charge in [-0.3, -0.25) is 0 Å². The quantitative estimate of drug-likeness (QED) is 0.832. The van der Waals surface area contributed by atoms with Gasteiger partial charge in [0.25, 0.3) is 0 Å². The summed E-state index contributed by atoms with van der Waals surface area (Å²) in [6.45, 7) is 6.38. The predicted octanol–water partition coefficient (Wildman–Crippen LogP) is 2.86. The number of hydrogen-bond acceptors (Lipinski definition) is 4. The SMILES string of the molecule is CC(C)Oc1cc(OCC2CCOCC2)ccc1N. The molecule has 0 atom stereocenters. The maximum Gasteiger partial charge on any atom is 0.146 e. The molecule has 0 unspecified atom stereocenters. The van der Waals surface area contributed by atoms with Gasteiger partial charge in [-0.1, -0.05) is 0 Å². The van der Waals surface area contributed by atoms with E-state index in [1.54, 1.807) is 0 Å². The molecule has 1 heterocycles. The van der Waals surface area contributed by atoms with Gasteiger partial charge < -0.3 is 19.9 Å². The minimum atomic E-state index is 0.105. The van der Waals surface area contributed by atoms with E-state index in [0.29, 0.717) is 17.4 Å². The first-order valence-corrected chi connectivity index (χ1v) is 6.92. The largest absolute Gasteiger partial charge is 0.493 e. The molecule has 4 nitrogen and oxygen atoms in total. The van der Waals surface area contributed by atoms with Gasteiger partial charge in [0.05, 0.1) is 18.4 Å². The highest BCUT2D eigenvalue weighted by atomic mass is 16.5. The van der Waals surface area contributed by atoms with Crippen molar-refractivity contribution < 1.29 is 14.2 Å². The highest BCUT2D eigenvalue weighted by Crippen LogP contribution is 2.28. The Morgan fingerprint density at radius 3 is 2.74 bits per heavy atom. The van der Waals surface area contributed by atoms with Crippen LogP contribution in [-0.4, -0.2) is 25.9 Å². The van der Waals surface area contributed by atoms with Crippen molar-refractivity contribution >= 4 is 5.69 Å². The van der Waals surface area contributed by atoms with E-state index in [1.165, 1.54) is 0 Å². The van der Waals surface area contributed by atoms with Crippen molar-refractivity contribution in [1.82, 2.24) is 0 Å². The minimum Gasteiger partial charge on any atom is -0.493 e. The van der Waals surface area contributed by atoms with Crippen LogP contribution in [0.2, 0.25) is 0 Å². The molecule has 0 amide bonds. The van der Waals surface area contributed by atoms with Gasteiger partial charge in [0.2, 0.25) is 0 Å². The number of rotatable bonds is 5. The fourth-order valence-corrected chi connectivity index (χ4v) is 2.09. The second-order valence-corrected chi connectivity index (χ2v) is 5.23. The minimum absolute atomic E-state index is 0.105. The van der Waals surface area contributed by atoms with Gasteiger partial charge in [0.15, 0.2) is 0 Å². The zero-order chi connectivity index (χ0) is 13.7. The van der Waals surface area contributed by atoms with Gasteiger partial charge in [-0.2, -0.15) is 0 Å². The second kappa shape index (κ2) is 6.66. The molecule has 0 aromatic heterocycles. The highest BCUT2D eigenvalue weighted by Gasteiger charge is 2.14. The van der Waals surface area contributed by atoms with Gasteiger partial charge in [-0.25, -0.2) is 0 Å². The summed E-state index contributed by atoms with van der Waals surface area (Å²) in [5.41, 5.74) is 6.53. The van der Waals surface area contributed by atoms with Crippen LogP contribution in [0.25, 0.3) is 0 Å². The van der Waals surface area contributed by atoms with Crippen LogP contribution in [-0.2, 0) is 4.74 Å². The molecule has 0 aliphatic carbocycles. The first-order valence-electron chi connectivity index (χ1n) is 6.92. The van der Waals surface area contributed by atoms with Crippen LogP contribution in [0.1, 0.15) is 26.7 Å². The monoisotopic (exact) mass is 265 g/mol. The number of anilines is 1. The zero-order valence-corrected chi connectivity index (χ0v) is 11.7. The van der Waals surface area contributed by atoms with E-state index in [1.807, 2.05) is 32.0 Å². The van der Waals surface area contributed by atoms with E-state index in [2.05, 4.69) is 0 Å². The van der Waals surface area contributed by atoms with Crippen LogP contribution < -0.4 is 15.2 Å². The summed E-state index contributed by atoms with van der Waals surface area (Å²) in [7, 11) is 0. The molecule has 2 N–H and O–H groups in total. The summed E-state index contributed by atoms with van der Waals surface area (Å²) in [5, 5.41) is 0. The normalized spacial score (nSPS) is 16.6. The first kappa shape index (κ1) is 14.0. The van der Waals surface area contributed by atoms with Crippen LogP contribution in [0.5, 0.6) is 11.5 Å². The van der Waals surface area contributed by atoms with Gasteiger partial charge in [0, 0.05) is 19.3 Å². The summed E-state index contributed by atoms with van der Waals surface area (Å²) in [6, 6.07) is 5.59. The highest BCUT2D eigenvalue weighted by molar-refractivity contribution is 5.55. The van der Waals surface area contributed by atoms with E-state index in [4.69, 9.17) is 19.9 Å². The molecule has 1 aromatic rings.